The van der Waals surface area contributed by atoms with Crippen LogP contribution in [0.5, 0.6) is 0 Å². The highest BCUT2D eigenvalue weighted by Crippen LogP contribution is 2.30. The summed E-state index contributed by atoms with van der Waals surface area (Å²) in [4.78, 5) is 15.3. The molecule has 0 saturated heterocycles. The molecule has 0 spiro atoms. The van der Waals surface area contributed by atoms with Crippen LogP contribution in [0.25, 0.3) is 0 Å². The van der Waals surface area contributed by atoms with Crippen LogP contribution in [0.4, 0.5) is 0 Å². The molecule has 0 aromatic rings. The molecule has 4 heteroatoms. The van der Waals surface area contributed by atoms with E-state index >= 15 is 0 Å². The Morgan fingerprint density at radius 3 is 2.76 bits per heavy atom. The molecule has 0 bridgehead atoms. The van der Waals surface area contributed by atoms with Gasteiger partial charge in [0, 0.05) is 17.0 Å². The fourth-order valence-electron chi connectivity index (χ4n) is 2.70. The first kappa shape index (κ1) is 12.8. The van der Waals surface area contributed by atoms with Crippen LogP contribution in [-0.2, 0) is 4.79 Å². The van der Waals surface area contributed by atoms with E-state index in [9.17, 15) is 4.79 Å². The topological polar surface area (TPSA) is 46.3 Å². The van der Waals surface area contributed by atoms with Crippen molar-refractivity contribution < 1.29 is 4.79 Å². The van der Waals surface area contributed by atoms with Gasteiger partial charge in [-0.2, -0.15) is 0 Å². The molecule has 2 aliphatic rings. The first-order chi connectivity index (χ1) is 8.20. The number of hydrogen-bond acceptors (Lipinski definition) is 3. The van der Waals surface area contributed by atoms with Gasteiger partial charge in [0.2, 0.25) is 5.91 Å². The largest absolute Gasteiger partial charge is 0.400 e. The predicted molar refractivity (Wildman–Crippen MR) is 72.5 cm³/mol. The Morgan fingerprint density at radius 2 is 2.12 bits per heavy atom. The molecule has 1 fully saturated rings. The van der Waals surface area contributed by atoms with Crippen molar-refractivity contribution in [3.8, 4) is 0 Å². The summed E-state index contributed by atoms with van der Waals surface area (Å²) in [6, 6.07) is 0. The molecule has 0 unspecified atom stereocenters. The molecule has 96 valence electrons. The van der Waals surface area contributed by atoms with Crippen molar-refractivity contribution in [2.45, 2.75) is 39.0 Å². The van der Waals surface area contributed by atoms with Crippen molar-refractivity contribution >= 4 is 17.7 Å². The molecular weight excluding hydrogens is 232 g/mol. The van der Waals surface area contributed by atoms with Gasteiger partial charge in [-0.05, 0) is 24.5 Å². The van der Waals surface area contributed by atoms with Gasteiger partial charge in [-0.3, -0.25) is 4.79 Å². The quantitative estimate of drug-likeness (QED) is 0.837. The number of nitrogens with two attached hydrogens (primary N) is 1. The summed E-state index contributed by atoms with van der Waals surface area (Å²) >= 11 is 1.77. The van der Waals surface area contributed by atoms with E-state index in [4.69, 9.17) is 5.73 Å². The van der Waals surface area contributed by atoms with E-state index in [2.05, 4.69) is 6.92 Å². The van der Waals surface area contributed by atoms with Crippen LogP contribution < -0.4 is 5.73 Å². The Hall–Kier alpha value is -0.640. The lowest BCUT2D eigenvalue weighted by atomic mass is 10.0. The lowest BCUT2D eigenvalue weighted by Gasteiger charge is -2.18. The second-order valence-corrected chi connectivity index (χ2v) is 6.34. The Morgan fingerprint density at radius 1 is 1.41 bits per heavy atom. The van der Waals surface area contributed by atoms with Crippen LogP contribution in [-0.4, -0.2) is 29.6 Å². The maximum Gasteiger partial charge on any atom is 0.223 e. The van der Waals surface area contributed by atoms with Gasteiger partial charge in [0.15, 0.2) is 0 Å². The zero-order chi connectivity index (χ0) is 12.3. The molecule has 3 nitrogen and oxygen atoms in total. The van der Waals surface area contributed by atoms with E-state index < -0.39 is 0 Å². The third kappa shape index (κ3) is 3.18. The van der Waals surface area contributed by atoms with Gasteiger partial charge < -0.3 is 10.6 Å². The van der Waals surface area contributed by atoms with Crippen molar-refractivity contribution in [2.24, 2.45) is 11.7 Å². The Balaban J connectivity index is 1.82. The van der Waals surface area contributed by atoms with E-state index in [1.165, 1.54) is 30.6 Å². The average molecular weight is 254 g/mol. The first-order valence-corrected chi connectivity index (χ1v) is 7.57. The lowest BCUT2D eigenvalue weighted by molar-refractivity contribution is -0.130. The van der Waals surface area contributed by atoms with Crippen molar-refractivity contribution in [1.82, 2.24) is 4.90 Å². The van der Waals surface area contributed by atoms with Gasteiger partial charge in [-0.15, -0.1) is 11.8 Å². The second kappa shape index (κ2) is 5.80. The van der Waals surface area contributed by atoms with Crippen LogP contribution in [0, 0.1) is 5.92 Å². The first-order valence-electron chi connectivity index (χ1n) is 6.58. The zero-order valence-corrected chi connectivity index (χ0v) is 11.4. The van der Waals surface area contributed by atoms with E-state index in [1.807, 2.05) is 4.90 Å². The zero-order valence-electron chi connectivity index (χ0n) is 10.6. The number of amides is 1. The molecule has 0 atom stereocenters. The van der Waals surface area contributed by atoms with E-state index in [1.54, 1.807) is 11.8 Å². The van der Waals surface area contributed by atoms with Crippen molar-refractivity contribution in [3.05, 3.63) is 10.6 Å². The van der Waals surface area contributed by atoms with Gasteiger partial charge >= 0.3 is 0 Å². The SMILES string of the molecule is CCSC1=C(N)CN(C(=O)CC2CCCC2)C1. The third-order valence-corrected chi connectivity index (χ3v) is 4.69. The van der Waals surface area contributed by atoms with Gasteiger partial charge in [0.1, 0.15) is 0 Å². The van der Waals surface area contributed by atoms with E-state index in [-0.39, 0.29) is 0 Å². The van der Waals surface area contributed by atoms with Crippen molar-refractivity contribution in [2.75, 3.05) is 18.8 Å². The van der Waals surface area contributed by atoms with Crippen LogP contribution in [0.15, 0.2) is 10.6 Å². The Kier molecular flexibility index (Phi) is 4.37. The Labute approximate surface area is 108 Å². The highest BCUT2D eigenvalue weighted by Gasteiger charge is 2.27. The summed E-state index contributed by atoms with van der Waals surface area (Å²) in [5, 5.41) is 0. The van der Waals surface area contributed by atoms with Crippen molar-refractivity contribution in [1.29, 1.82) is 0 Å². The van der Waals surface area contributed by atoms with Crippen LogP contribution >= 0.6 is 11.8 Å². The molecule has 1 heterocycles. The number of rotatable bonds is 4. The average Bonchev–Trinajstić information content (AvgIpc) is 2.90. The highest BCUT2D eigenvalue weighted by molar-refractivity contribution is 8.03. The van der Waals surface area contributed by atoms with Gasteiger partial charge in [0.25, 0.3) is 0 Å². The van der Waals surface area contributed by atoms with E-state index in [0.29, 0.717) is 18.4 Å². The molecule has 1 aliphatic heterocycles. The summed E-state index contributed by atoms with van der Waals surface area (Å²) in [5.74, 6) is 1.96. The molecule has 1 saturated carbocycles. The van der Waals surface area contributed by atoms with Crippen molar-refractivity contribution in [3.63, 3.8) is 0 Å². The molecule has 0 aromatic carbocycles. The summed E-state index contributed by atoms with van der Waals surface area (Å²) in [5.41, 5.74) is 6.87. The molecule has 0 radical (unpaired) electrons. The highest BCUT2D eigenvalue weighted by atomic mass is 32.2. The molecule has 0 aromatic heterocycles. The fourth-order valence-corrected chi connectivity index (χ4v) is 3.55. The van der Waals surface area contributed by atoms with Gasteiger partial charge in [0.05, 0.1) is 13.1 Å². The van der Waals surface area contributed by atoms with Crippen LogP contribution in [0.2, 0.25) is 0 Å². The maximum absolute atomic E-state index is 12.1. The van der Waals surface area contributed by atoms with Gasteiger partial charge in [-0.25, -0.2) is 0 Å². The van der Waals surface area contributed by atoms with Crippen LogP contribution in [0.1, 0.15) is 39.0 Å². The Bertz CT molecular complexity index is 321. The van der Waals surface area contributed by atoms with E-state index in [0.717, 1.165) is 24.4 Å². The summed E-state index contributed by atoms with van der Waals surface area (Å²) in [7, 11) is 0. The molecule has 17 heavy (non-hydrogen) atoms. The van der Waals surface area contributed by atoms with Crippen LogP contribution in [0.3, 0.4) is 0 Å². The lowest BCUT2D eigenvalue weighted by Crippen LogP contribution is -2.31. The summed E-state index contributed by atoms with van der Waals surface area (Å²) in [6.45, 7) is 3.51. The number of carbonyl (C=O) groups is 1. The molecular formula is C13H22N2OS. The second-order valence-electron chi connectivity index (χ2n) is 4.99. The minimum atomic E-state index is 0.298. The number of carbonyl (C=O) groups excluding carboxylic acids is 1. The normalized spacial score (nSPS) is 21.6. The third-order valence-electron chi connectivity index (χ3n) is 3.66. The minimum absolute atomic E-state index is 0.298. The standard InChI is InChI=1S/C13H22N2OS/c1-2-17-12-9-15(8-11(12)14)13(16)7-10-5-3-4-6-10/h10H,2-9,14H2,1H3. The predicted octanol–water partition coefficient (Wildman–Crippen LogP) is 2.33. The maximum atomic E-state index is 12.1. The summed E-state index contributed by atoms with van der Waals surface area (Å²) in [6.07, 6.45) is 5.81. The fraction of sp³-hybridized carbons (Fsp3) is 0.769. The number of hydrogen-bond donors (Lipinski definition) is 1. The molecule has 1 aliphatic carbocycles. The summed E-state index contributed by atoms with van der Waals surface area (Å²) < 4.78 is 0. The number of thioether (sulfide) groups is 1. The molecule has 2 rings (SSSR count). The molecule has 1 amide bonds. The molecule has 2 N–H and O–H groups in total. The van der Waals surface area contributed by atoms with Gasteiger partial charge in [-0.1, -0.05) is 19.8 Å². The minimum Gasteiger partial charge on any atom is -0.400 e. The number of nitrogens with zero attached hydrogens (tertiary/aromatic N) is 1. The monoisotopic (exact) mass is 254 g/mol. The smallest absolute Gasteiger partial charge is 0.223 e.